The van der Waals surface area contributed by atoms with Crippen molar-refractivity contribution in [1.82, 2.24) is 30.8 Å². The van der Waals surface area contributed by atoms with Crippen LogP contribution < -0.4 is 16.0 Å². The van der Waals surface area contributed by atoms with Crippen molar-refractivity contribution in [2.75, 3.05) is 7.05 Å². The predicted molar refractivity (Wildman–Crippen MR) is 192 cm³/mol. The summed E-state index contributed by atoms with van der Waals surface area (Å²) in [4.78, 5) is 49.9. The number of carbonyl (C=O) groups excluding carboxylic acids is 3. The first kappa shape index (κ1) is 37.5. The Labute approximate surface area is 294 Å². The summed E-state index contributed by atoms with van der Waals surface area (Å²) in [6.07, 6.45) is 4.19. The van der Waals surface area contributed by atoms with Crippen LogP contribution in [-0.4, -0.2) is 69.3 Å². The summed E-state index contributed by atoms with van der Waals surface area (Å²) in [7, 11) is 1.66. The van der Waals surface area contributed by atoms with E-state index in [2.05, 4.69) is 25.9 Å². The van der Waals surface area contributed by atoms with Crippen molar-refractivity contribution >= 4 is 18.0 Å². The predicted octanol–water partition coefficient (Wildman–Crippen LogP) is 4.97. The molecule has 0 bridgehead atoms. The lowest BCUT2D eigenvalue weighted by molar-refractivity contribution is -0.125. The van der Waals surface area contributed by atoms with Gasteiger partial charge in [0.05, 0.1) is 12.1 Å². The van der Waals surface area contributed by atoms with Crippen LogP contribution in [0.2, 0.25) is 0 Å². The van der Waals surface area contributed by atoms with E-state index in [0.717, 1.165) is 27.9 Å². The minimum atomic E-state index is -1.06. The Hall–Kier alpha value is -5.29. The van der Waals surface area contributed by atoms with Gasteiger partial charge in [-0.1, -0.05) is 86.6 Å². The molecule has 2 aromatic carbocycles. The highest BCUT2D eigenvalue weighted by atomic mass is 16.5. The minimum absolute atomic E-state index is 0.0480. The van der Waals surface area contributed by atoms with Crippen molar-refractivity contribution in [1.29, 1.82) is 0 Å². The molecule has 4 atom stereocenters. The second-order valence-electron chi connectivity index (χ2n) is 12.9. The number of rotatable bonds is 16. The molecule has 264 valence electrons. The van der Waals surface area contributed by atoms with E-state index in [1.54, 1.807) is 31.7 Å². The summed E-state index contributed by atoms with van der Waals surface area (Å²) >= 11 is 0. The molecule has 2 aromatic heterocycles. The highest BCUT2D eigenvalue weighted by Crippen LogP contribution is 2.16. The number of nitrogens with zero attached hydrogens (tertiary/aromatic N) is 3. The Morgan fingerprint density at radius 3 is 2.06 bits per heavy atom. The number of aliphatic hydroxyl groups excluding tert-OH is 1. The number of hydrogen-bond donors (Lipinski definition) is 4. The molecule has 4 amide bonds. The van der Waals surface area contributed by atoms with Crippen LogP contribution >= 0.6 is 0 Å². The third-order valence-corrected chi connectivity index (χ3v) is 8.32. The maximum atomic E-state index is 13.9. The van der Waals surface area contributed by atoms with Crippen molar-refractivity contribution < 1.29 is 24.2 Å². The number of pyridine rings is 2. The lowest BCUT2D eigenvalue weighted by Crippen LogP contribution is -2.57. The Bertz CT molecular complexity index is 1620. The molecular weight excluding hydrogens is 632 g/mol. The van der Waals surface area contributed by atoms with Gasteiger partial charge in [0.1, 0.15) is 12.6 Å². The Morgan fingerprint density at radius 2 is 1.46 bits per heavy atom. The second-order valence-corrected chi connectivity index (χ2v) is 12.9. The molecule has 2 heterocycles. The maximum absolute atomic E-state index is 13.9. The summed E-state index contributed by atoms with van der Waals surface area (Å²) in [6.45, 7) is 5.98. The van der Waals surface area contributed by atoms with Gasteiger partial charge in [0.25, 0.3) is 0 Å². The van der Waals surface area contributed by atoms with E-state index in [4.69, 9.17) is 4.74 Å². The standard InChI is InChI=1S/C39H48N6O5/c1-27(2)36(44-38(48)45(4)25-31-18-17-28(3)41-24-31)37(47)43-34(21-30-14-9-6-10-15-30)35(46)22-33(20-29-12-7-5-8-13-29)42-39(49)50-26-32-16-11-19-40-23-32/h5-19,23-24,27,33-36,46H,20-22,25-26H2,1-4H3,(H,42,49)(H,43,47)(H,44,48)/t33-,34-,35-,36-/m0/s1. The van der Waals surface area contributed by atoms with Crippen molar-refractivity contribution in [2.24, 2.45) is 5.92 Å². The minimum Gasteiger partial charge on any atom is -0.445 e. The molecule has 0 aliphatic rings. The number of hydrogen-bond acceptors (Lipinski definition) is 7. The molecule has 4 rings (SSSR count). The first-order valence-electron chi connectivity index (χ1n) is 16.9. The lowest BCUT2D eigenvalue weighted by atomic mass is 9.93. The summed E-state index contributed by atoms with van der Waals surface area (Å²) < 4.78 is 5.47. The SMILES string of the molecule is Cc1ccc(CN(C)C(=O)N[C@H](C(=O)N[C@@H](Cc2ccccc2)[C@@H](O)C[C@H](Cc2ccccc2)NC(=O)OCc2cccnc2)C(C)C)cn1. The molecule has 0 spiro atoms. The van der Waals surface area contributed by atoms with Gasteiger partial charge in [-0.3, -0.25) is 14.8 Å². The number of nitrogens with one attached hydrogen (secondary N) is 3. The van der Waals surface area contributed by atoms with Gasteiger partial charge in [-0.05, 0) is 60.9 Å². The fraction of sp³-hybridized carbons (Fsp3) is 0.359. The van der Waals surface area contributed by atoms with Gasteiger partial charge in [-0.2, -0.15) is 0 Å². The number of amides is 4. The molecule has 0 unspecified atom stereocenters. The number of alkyl carbamates (subject to hydrolysis) is 1. The number of benzene rings is 2. The summed E-state index contributed by atoms with van der Waals surface area (Å²) in [5, 5.41) is 20.6. The van der Waals surface area contributed by atoms with Gasteiger partial charge < -0.3 is 30.7 Å². The lowest BCUT2D eigenvalue weighted by Gasteiger charge is -2.31. The fourth-order valence-corrected chi connectivity index (χ4v) is 5.53. The molecule has 0 radical (unpaired) electrons. The summed E-state index contributed by atoms with van der Waals surface area (Å²) in [6, 6.07) is 24.1. The fourth-order valence-electron chi connectivity index (χ4n) is 5.53. The number of aryl methyl sites for hydroxylation is 1. The maximum Gasteiger partial charge on any atom is 0.407 e. The smallest absolute Gasteiger partial charge is 0.407 e. The number of urea groups is 1. The van der Waals surface area contributed by atoms with Crippen LogP contribution in [0.1, 0.15) is 48.2 Å². The molecule has 0 saturated carbocycles. The molecule has 50 heavy (non-hydrogen) atoms. The largest absolute Gasteiger partial charge is 0.445 e. The topological polar surface area (TPSA) is 146 Å². The van der Waals surface area contributed by atoms with E-state index in [9.17, 15) is 19.5 Å². The van der Waals surface area contributed by atoms with Crippen molar-refractivity contribution in [3.05, 3.63) is 131 Å². The average molecular weight is 681 g/mol. The van der Waals surface area contributed by atoms with Crippen LogP contribution in [0, 0.1) is 12.8 Å². The number of carbonyl (C=O) groups is 3. The van der Waals surface area contributed by atoms with E-state index >= 15 is 0 Å². The van der Waals surface area contributed by atoms with Gasteiger partial charge >= 0.3 is 12.1 Å². The Morgan fingerprint density at radius 1 is 0.800 bits per heavy atom. The van der Waals surface area contributed by atoms with Gasteiger partial charge in [0, 0.05) is 49.5 Å². The van der Waals surface area contributed by atoms with Crippen molar-refractivity contribution in [3.63, 3.8) is 0 Å². The number of aromatic nitrogens is 2. The zero-order valence-corrected chi connectivity index (χ0v) is 29.2. The van der Waals surface area contributed by atoms with Crippen LogP contribution in [0.25, 0.3) is 0 Å². The zero-order valence-electron chi connectivity index (χ0n) is 29.2. The number of aliphatic hydroxyl groups is 1. The van der Waals surface area contributed by atoms with Crippen LogP contribution in [0.5, 0.6) is 0 Å². The van der Waals surface area contributed by atoms with E-state index in [1.165, 1.54) is 4.90 Å². The zero-order chi connectivity index (χ0) is 35.9. The average Bonchev–Trinajstić information content (AvgIpc) is 3.11. The van der Waals surface area contributed by atoms with E-state index in [0.29, 0.717) is 19.4 Å². The Balaban J connectivity index is 1.47. The second kappa shape index (κ2) is 19.0. The third-order valence-electron chi connectivity index (χ3n) is 8.32. The Kier molecular flexibility index (Phi) is 14.3. The van der Waals surface area contributed by atoms with Gasteiger partial charge in [0.15, 0.2) is 0 Å². The molecule has 4 N–H and O–H groups in total. The van der Waals surface area contributed by atoms with Crippen LogP contribution in [0.3, 0.4) is 0 Å². The van der Waals surface area contributed by atoms with Crippen molar-refractivity contribution in [2.45, 2.75) is 77.4 Å². The molecule has 11 nitrogen and oxygen atoms in total. The monoisotopic (exact) mass is 680 g/mol. The van der Waals surface area contributed by atoms with Crippen LogP contribution in [0.15, 0.2) is 104 Å². The molecular formula is C39H48N6O5. The molecule has 0 aliphatic carbocycles. The van der Waals surface area contributed by atoms with Gasteiger partial charge in [0.2, 0.25) is 5.91 Å². The molecule has 0 fully saturated rings. The van der Waals surface area contributed by atoms with E-state index < -0.39 is 42.3 Å². The van der Waals surface area contributed by atoms with E-state index in [1.807, 2.05) is 99.6 Å². The van der Waals surface area contributed by atoms with Gasteiger partial charge in [-0.15, -0.1) is 0 Å². The highest BCUT2D eigenvalue weighted by molar-refractivity contribution is 5.87. The molecule has 11 heteroatoms. The van der Waals surface area contributed by atoms with Crippen LogP contribution in [0.4, 0.5) is 9.59 Å². The van der Waals surface area contributed by atoms with Crippen LogP contribution in [-0.2, 0) is 35.5 Å². The molecule has 0 saturated heterocycles. The first-order valence-corrected chi connectivity index (χ1v) is 16.9. The molecule has 0 aliphatic heterocycles. The first-order chi connectivity index (χ1) is 24.1. The number of ether oxygens (including phenoxy) is 1. The molecule has 4 aromatic rings. The highest BCUT2D eigenvalue weighted by Gasteiger charge is 2.31. The summed E-state index contributed by atoms with van der Waals surface area (Å²) in [5.41, 5.74) is 4.38. The van der Waals surface area contributed by atoms with Crippen molar-refractivity contribution in [3.8, 4) is 0 Å². The third kappa shape index (κ3) is 12.3. The summed E-state index contributed by atoms with van der Waals surface area (Å²) in [5.74, 6) is -0.660. The van der Waals surface area contributed by atoms with E-state index in [-0.39, 0.29) is 18.9 Å². The quantitative estimate of drug-likeness (QED) is 0.131. The normalized spacial score (nSPS) is 13.4. The van der Waals surface area contributed by atoms with Gasteiger partial charge in [-0.25, -0.2) is 9.59 Å².